The Labute approximate surface area is 103 Å². The van der Waals surface area contributed by atoms with Crippen molar-refractivity contribution in [2.24, 2.45) is 0 Å². The van der Waals surface area contributed by atoms with Crippen molar-refractivity contribution in [1.82, 2.24) is 0 Å². The number of hydrogen-bond donors (Lipinski definition) is 1. The van der Waals surface area contributed by atoms with E-state index in [9.17, 15) is 9.59 Å². The van der Waals surface area contributed by atoms with Gasteiger partial charge in [-0.25, -0.2) is 4.79 Å². The first-order chi connectivity index (χ1) is 7.99. The van der Waals surface area contributed by atoms with E-state index in [0.29, 0.717) is 16.3 Å². The molecule has 0 saturated heterocycles. The number of carboxylic acids is 1. The molecule has 0 fully saturated rings. The molecule has 0 aromatic heterocycles. The molecule has 0 aliphatic rings. The van der Waals surface area contributed by atoms with Crippen LogP contribution in [0.4, 0.5) is 0 Å². The van der Waals surface area contributed by atoms with E-state index >= 15 is 0 Å². The van der Waals surface area contributed by atoms with Crippen molar-refractivity contribution < 1.29 is 19.4 Å². The quantitative estimate of drug-likeness (QED) is 0.820. The molecule has 0 heterocycles. The Balaban J connectivity index is 2.79. The van der Waals surface area contributed by atoms with Crippen molar-refractivity contribution in [2.75, 3.05) is 6.61 Å². The van der Waals surface area contributed by atoms with E-state index < -0.39 is 12.6 Å². The summed E-state index contributed by atoms with van der Waals surface area (Å²) in [4.78, 5) is 21.0. The number of aliphatic carboxylic acids is 1. The number of carbonyl (C=O) groups excluding carboxylic acids is 1. The second-order valence-electron chi connectivity index (χ2n) is 3.31. The van der Waals surface area contributed by atoms with Crippen molar-refractivity contribution >= 4 is 29.4 Å². The van der Waals surface area contributed by atoms with Crippen LogP contribution in [0.5, 0.6) is 5.75 Å². The van der Waals surface area contributed by atoms with Gasteiger partial charge in [-0.3, -0.25) is 4.79 Å². The third-order valence-electron chi connectivity index (χ3n) is 1.83. The summed E-state index contributed by atoms with van der Waals surface area (Å²) in [5.41, 5.74) is 0.671. The predicted molar refractivity (Wildman–Crippen MR) is 64.3 cm³/mol. The molecule has 0 saturated carbocycles. The van der Waals surface area contributed by atoms with Crippen molar-refractivity contribution in [2.45, 2.75) is 6.92 Å². The minimum atomic E-state index is -1.05. The SMILES string of the molecule is CC(=O)/C=C/c1ccc(OCC(=O)O)cc1Cl. The van der Waals surface area contributed by atoms with Gasteiger partial charge in [0.25, 0.3) is 0 Å². The van der Waals surface area contributed by atoms with Crippen LogP contribution in [0.1, 0.15) is 12.5 Å². The first kappa shape index (κ1) is 13.3. The van der Waals surface area contributed by atoms with E-state index in [1.54, 1.807) is 18.2 Å². The molecule has 0 aliphatic heterocycles. The lowest BCUT2D eigenvalue weighted by molar-refractivity contribution is -0.139. The van der Waals surface area contributed by atoms with E-state index in [-0.39, 0.29) is 5.78 Å². The highest BCUT2D eigenvalue weighted by Gasteiger charge is 2.02. The fourth-order valence-corrected chi connectivity index (χ4v) is 1.32. The van der Waals surface area contributed by atoms with Gasteiger partial charge in [0.2, 0.25) is 0 Å². The molecular formula is C12H11ClO4. The van der Waals surface area contributed by atoms with Crippen LogP contribution < -0.4 is 4.74 Å². The zero-order valence-corrected chi connectivity index (χ0v) is 9.90. The number of allylic oxidation sites excluding steroid dienone is 1. The van der Waals surface area contributed by atoms with Crippen LogP contribution in [0, 0.1) is 0 Å². The first-order valence-electron chi connectivity index (χ1n) is 4.82. The highest BCUT2D eigenvalue weighted by Crippen LogP contribution is 2.23. The van der Waals surface area contributed by atoms with E-state index in [2.05, 4.69) is 0 Å². The molecule has 0 amide bonds. The van der Waals surface area contributed by atoms with Gasteiger partial charge >= 0.3 is 5.97 Å². The minimum absolute atomic E-state index is 0.0766. The van der Waals surface area contributed by atoms with E-state index in [0.717, 1.165) is 0 Å². The summed E-state index contributed by atoms with van der Waals surface area (Å²) in [5.74, 6) is -0.758. The van der Waals surface area contributed by atoms with Crippen molar-refractivity contribution in [1.29, 1.82) is 0 Å². The van der Waals surface area contributed by atoms with Gasteiger partial charge in [0.1, 0.15) is 5.75 Å². The lowest BCUT2D eigenvalue weighted by atomic mass is 10.2. The van der Waals surface area contributed by atoms with Crippen molar-refractivity contribution in [3.05, 3.63) is 34.9 Å². The second kappa shape index (κ2) is 6.06. The molecule has 0 radical (unpaired) electrons. The maximum absolute atomic E-state index is 10.8. The lowest BCUT2D eigenvalue weighted by Gasteiger charge is -2.05. The third-order valence-corrected chi connectivity index (χ3v) is 2.16. The number of rotatable bonds is 5. The summed E-state index contributed by atoms with van der Waals surface area (Å²) in [6.07, 6.45) is 2.99. The third kappa shape index (κ3) is 4.70. The summed E-state index contributed by atoms with van der Waals surface area (Å²) in [6.45, 7) is 1.02. The monoisotopic (exact) mass is 254 g/mol. The van der Waals surface area contributed by atoms with Crippen LogP contribution in [-0.4, -0.2) is 23.5 Å². The van der Waals surface area contributed by atoms with Crippen molar-refractivity contribution in [3.8, 4) is 5.75 Å². The standard InChI is InChI=1S/C12H11ClO4/c1-8(14)2-3-9-4-5-10(6-11(9)13)17-7-12(15)16/h2-6H,7H2,1H3,(H,15,16)/b3-2+. The van der Waals surface area contributed by atoms with Gasteiger partial charge in [-0.15, -0.1) is 0 Å². The van der Waals surface area contributed by atoms with E-state index in [1.807, 2.05) is 0 Å². The van der Waals surface area contributed by atoms with E-state index in [1.165, 1.54) is 19.1 Å². The summed E-state index contributed by atoms with van der Waals surface area (Å²) < 4.78 is 4.95. The normalized spacial score (nSPS) is 10.5. The zero-order chi connectivity index (χ0) is 12.8. The van der Waals surface area contributed by atoms with Crippen LogP contribution in [-0.2, 0) is 9.59 Å². The van der Waals surface area contributed by atoms with Gasteiger partial charge in [0.05, 0.1) is 5.02 Å². The number of hydrogen-bond acceptors (Lipinski definition) is 3. The highest BCUT2D eigenvalue weighted by molar-refractivity contribution is 6.32. The van der Waals surface area contributed by atoms with Gasteiger partial charge in [-0.1, -0.05) is 11.6 Å². The van der Waals surface area contributed by atoms with Gasteiger partial charge in [-0.05, 0) is 42.8 Å². The summed E-state index contributed by atoms with van der Waals surface area (Å²) in [7, 11) is 0. The van der Waals surface area contributed by atoms with Gasteiger partial charge in [0.15, 0.2) is 12.4 Å². The van der Waals surface area contributed by atoms with Gasteiger partial charge in [0, 0.05) is 0 Å². The molecule has 90 valence electrons. The lowest BCUT2D eigenvalue weighted by Crippen LogP contribution is -2.09. The Kier molecular flexibility index (Phi) is 4.72. The molecule has 0 unspecified atom stereocenters. The van der Waals surface area contributed by atoms with E-state index in [4.69, 9.17) is 21.4 Å². The summed E-state index contributed by atoms with van der Waals surface area (Å²) in [5, 5.41) is 8.83. The average Bonchev–Trinajstić information content (AvgIpc) is 2.24. The number of carbonyl (C=O) groups is 2. The molecule has 0 bridgehead atoms. The number of benzene rings is 1. The topological polar surface area (TPSA) is 63.6 Å². The number of ketones is 1. The Morgan fingerprint density at radius 1 is 1.47 bits per heavy atom. The fourth-order valence-electron chi connectivity index (χ4n) is 1.09. The molecule has 1 aromatic carbocycles. The van der Waals surface area contributed by atoms with Gasteiger partial charge in [-0.2, -0.15) is 0 Å². The zero-order valence-electron chi connectivity index (χ0n) is 9.14. The van der Waals surface area contributed by atoms with Crippen LogP contribution in [0.15, 0.2) is 24.3 Å². The molecule has 1 N–H and O–H groups in total. The molecule has 17 heavy (non-hydrogen) atoms. The van der Waals surface area contributed by atoms with Crippen LogP contribution in [0.3, 0.4) is 0 Å². The maximum Gasteiger partial charge on any atom is 0.341 e. The number of halogens is 1. The van der Waals surface area contributed by atoms with Crippen molar-refractivity contribution in [3.63, 3.8) is 0 Å². The Morgan fingerprint density at radius 3 is 2.71 bits per heavy atom. The molecule has 0 atom stereocenters. The molecule has 1 rings (SSSR count). The average molecular weight is 255 g/mol. The number of ether oxygens (including phenoxy) is 1. The predicted octanol–water partition coefficient (Wildman–Crippen LogP) is 2.41. The second-order valence-corrected chi connectivity index (χ2v) is 3.72. The van der Waals surface area contributed by atoms with Crippen LogP contribution in [0.2, 0.25) is 5.02 Å². The Bertz CT molecular complexity index is 466. The fraction of sp³-hybridized carbons (Fsp3) is 0.167. The molecule has 0 aliphatic carbocycles. The Morgan fingerprint density at radius 2 is 2.18 bits per heavy atom. The molecule has 1 aromatic rings. The largest absolute Gasteiger partial charge is 0.482 e. The summed E-state index contributed by atoms with van der Waals surface area (Å²) >= 11 is 5.94. The van der Waals surface area contributed by atoms with Crippen LogP contribution in [0.25, 0.3) is 6.08 Å². The summed E-state index contributed by atoms with van der Waals surface area (Å²) in [6, 6.07) is 4.75. The molecule has 5 heteroatoms. The molecule has 4 nitrogen and oxygen atoms in total. The smallest absolute Gasteiger partial charge is 0.341 e. The molecular weight excluding hydrogens is 244 g/mol. The molecule has 0 spiro atoms. The highest BCUT2D eigenvalue weighted by atomic mass is 35.5. The number of carboxylic acid groups (broad SMARTS) is 1. The first-order valence-corrected chi connectivity index (χ1v) is 5.19. The maximum atomic E-state index is 10.8. The van der Waals surface area contributed by atoms with Gasteiger partial charge < -0.3 is 9.84 Å². The van der Waals surface area contributed by atoms with Crippen LogP contribution >= 0.6 is 11.6 Å². The minimum Gasteiger partial charge on any atom is -0.482 e. The Hall–Kier alpha value is -1.81.